The van der Waals surface area contributed by atoms with E-state index in [1.54, 1.807) is 0 Å². The average Bonchev–Trinajstić information content (AvgIpc) is 2.73. The van der Waals surface area contributed by atoms with E-state index in [4.69, 9.17) is 0 Å². The summed E-state index contributed by atoms with van der Waals surface area (Å²) in [5.41, 5.74) is -0.947. The highest BCUT2D eigenvalue weighted by atomic mass is 32.2. The maximum absolute atomic E-state index is 12.9. The van der Waals surface area contributed by atoms with Crippen molar-refractivity contribution in [2.45, 2.75) is 16.8 Å². The van der Waals surface area contributed by atoms with Crippen molar-refractivity contribution >= 4 is 25.7 Å². The van der Waals surface area contributed by atoms with E-state index in [0.717, 1.165) is 26.8 Å². The molecule has 1 saturated heterocycles. The lowest BCUT2D eigenvalue weighted by atomic mass is 10.2. The second-order valence-corrected chi connectivity index (χ2v) is 10.9. The van der Waals surface area contributed by atoms with Crippen molar-refractivity contribution in [3.8, 4) is 0 Å². The first-order valence-electron chi connectivity index (χ1n) is 9.19. The number of non-ortho nitro benzene ring substituents is 1. The van der Waals surface area contributed by atoms with Gasteiger partial charge in [-0.2, -0.15) is 21.8 Å². The summed E-state index contributed by atoms with van der Waals surface area (Å²) in [6, 6.07) is 8.39. The number of hydrogen-bond acceptors (Lipinski definition) is 6. The van der Waals surface area contributed by atoms with Crippen LogP contribution in [-0.4, -0.2) is 56.5 Å². The van der Waals surface area contributed by atoms with Crippen LogP contribution >= 0.6 is 0 Å². The molecule has 2 aromatic carbocycles. The van der Waals surface area contributed by atoms with Crippen LogP contribution < -0.4 is 0 Å². The van der Waals surface area contributed by atoms with Crippen LogP contribution in [0.25, 0.3) is 0 Å². The lowest BCUT2D eigenvalue weighted by molar-refractivity contribution is -0.384. The minimum atomic E-state index is -4.70. The summed E-state index contributed by atoms with van der Waals surface area (Å²) in [7, 11) is -8.07. The molecule has 0 aromatic heterocycles. The van der Waals surface area contributed by atoms with Gasteiger partial charge in [-0.3, -0.25) is 10.1 Å². The summed E-state index contributed by atoms with van der Waals surface area (Å²) in [6.45, 7) is -0.794. The van der Waals surface area contributed by atoms with Gasteiger partial charge in [-0.1, -0.05) is 18.2 Å². The quantitative estimate of drug-likeness (QED) is 0.451. The third kappa shape index (κ3) is 5.26. The van der Waals surface area contributed by atoms with Crippen molar-refractivity contribution in [3.05, 3.63) is 69.8 Å². The van der Waals surface area contributed by atoms with Crippen molar-refractivity contribution in [2.24, 2.45) is 0 Å². The molecule has 0 saturated carbocycles. The Labute approximate surface area is 182 Å². The molecule has 1 heterocycles. The van der Waals surface area contributed by atoms with Crippen LogP contribution in [0.2, 0.25) is 0 Å². The van der Waals surface area contributed by atoms with E-state index in [0.29, 0.717) is 11.6 Å². The van der Waals surface area contributed by atoms with Gasteiger partial charge in [0.1, 0.15) is 0 Å². The molecule has 1 aliphatic heterocycles. The fraction of sp³-hybridized carbons (Fsp3) is 0.333. The van der Waals surface area contributed by atoms with E-state index in [1.165, 1.54) is 24.3 Å². The molecule has 3 rings (SSSR count). The minimum absolute atomic E-state index is 0.173. The third-order valence-corrected chi connectivity index (χ3v) is 8.63. The molecule has 9 nitrogen and oxygen atoms in total. The van der Waals surface area contributed by atoms with Gasteiger partial charge in [0.2, 0.25) is 20.0 Å². The smallest absolute Gasteiger partial charge is 0.258 e. The molecule has 0 unspecified atom stereocenters. The third-order valence-electron chi connectivity index (χ3n) is 4.89. The number of nitrogens with zero attached hydrogens (tertiary/aromatic N) is 3. The standard InChI is InChI=1S/C18H18F3N3O6S2/c19-18(20,21)15-2-1-3-17(12-15)32(29,30)23-10-8-22(9-11-23)31(27,28)13-14-4-6-16(7-5-14)24(25)26/h1-7,12H,8-11,13H2. The van der Waals surface area contributed by atoms with Crippen molar-refractivity contribution < 1.29 is 34.9 Å². The second-order valence-electron chi connectivity index (χ2n) is 7.01. The Morgan fingerprint density at radius 1 is 0.906 bits per heavy atom. The van der Waals surface area contributed by atoms with Gasteiger partial charge in [-0.25, -0.2) is 16.8 Å². The largest absolute Gasteiger partial charge is 0.416 e. The van der Waals surface area contributed by atoms with E-state index >= 15 is 0 Å². The lowest BCUT2D eigenvalue weighted by Gasteiger charge is -2.33. The molecule has 0 atom stereocenters. The van der Waals surface area contributed by atoms with E-state index in [-0.39, 0.29) is 31.9 Å². The van der Waals surface area contributed by atoms with Gasteiger partial charge in [0.15, 0.2) is 0 Å². The van der Waals surface area contributed by atoms with E-state index in [9.17, 15) is 40.1 Å². The maximum atomic E-state index is 12.9. The summed E-state index contributed by atoms with van der Waals surface area (Å²) in [4.78, 5) is 9.57. The van der Waals surface area contributed by atoms with Gasteiger partial charge in [0.25, 0.3) is 5.69 Å². The zero-order valence-electron chi connectivity index (χ0n) is 16.4. The van der Waals surface area contributed by atoms with Gasteiger partial charge in [-0.05, 0) is 23.8 Å². The highest BCUT2D eigenvalue weighted by Crippen LogP contribution is 2.31. The molecule has 1 fully saturated rings. The minimum Gasteiger partial charge on any atom is -0.258 e. The van der Waals surface area contributed by atoms with E-state index < -0.39 is 47.4 Å². The Balaban J connectivity index is 1.69. The molecule has 1 aliphatic rings. The molecule has 0 bridgehead atoms. The van der Waals surface area contributed by atoms with E-state index in [2.05, 4.69) is 0 Å². The van der Waals surface area contributed by atoms with Crippen LogP contribution in [0.1, 0.15) is 11.1 Å². The topological polar surface area (TPSA) is 118 Å². The Bertz CT molecular complexity index is 1210. The predicted octanol–water partition coefficient (Wildman–Crippen LogP) is 2.45. The van der Waals surface area contributed by atoms with Gasteiger partial charge in [0.05, 0.1) is 21.1 Å². The zero-order chi connectivity index (χ0) is 23.7. The molecule has 0 radical (unpaired) electrons. The summed E-state index contributed by atoms with van der Waals surface area (Å²) in [6.07, 6.45) is -4.70. The number of sulfonamides is 2. The number of rotatable bonds is 6. The van der Waals surface area contributed by atoms with Crippen LogP contribution in [0.5, 0.6) is 0 Å². The molecule has 0 N–H and O–H groups in total. The highest BCUT2D eigenvalue weighted by molar-refractivity contribution is 7.89. The Kier molecular flexibility index (Phi) is 6.60. The fourth-order valence-corrected chi connectivity index (χ4v) is 6.17. The van der Waals surface area contributed by atoms with E-state index in [1.807, 2.05) is 0 Å². The first-order chi connectivity index (χ1) is 14.8. The summed E-state index contributed by atoms with van der Waals surface area (Å²) in [5, 5.41) is 10.7. The first-order valence-corrected chi connectivity index (χ1v) is 12.2. The van der Waals surface area contributed by atoms with Gasteiger partial charge in [0, 0.05) is 38.3 Å². The van der Waals surface area contributed by atoms with Crippen LogP contribution in [0.4, 0.5) is 18.9 Å². The van der Waals surface area contributed by atoms with Crippen LogP contribution in [0, 0.1) is 10.1 Å². The Morgan fingerprint density at radius 3 is 2.00 bits per heavy atom. The molecule has 0 aliphatic carbocycles. The maximum Gasteiger partial charge on any atom is 0.416 e. The van der Waals surface area contributed by atoms with Crippen molar-refractivity contribution in [1.29, 1.82) is 0 Å². The van der Waals surface area contributed by atoms with Crippen LogP contribution in [0.3, 0.4) is 0 Å². The average molecular weight is 493 g/mol. The predicted molar refractivity (Wildman–Crippen MR) is 107 cm³/mol. The number of piperazine rings is 1. The molecule has 174 valence electrons. The summed E-state index contributed by atoms with van der Waals surface area (Å²) in [5.74, 6) is -0.425. The highest BCUT2D eigenvalue weighted by Gasteiger charge is 2.35. The monoisotopic (exact) mass is 493 g/mol. The van der Waals surface area contributed by atoms with Crippen molar-refractivity contribution in [3.63, 3.8) is 0 Å². The molecule has 14 heteroatoms. The van der Waals surface area contributed by atoms with Crippen LogP contribution in [0.15, 0.2) is 53.4 Å². The molecular formula is C18H18F3N3O6S2. The van der Waals surface area contributed by atoms with Gasteiger partial charge in [-0.15, -0.1) is 0 Å². The normalized spacial score (nSPS) is 16.7. The van der Waals surface area contributed by atoms with Crippen molar-refractivity contribution in [1.82, 2.24) is 8.61 Å². The molecule has 0 amide bonds. The van der Waals surface area contributed by atoms with Gasteiger partial charge < -0.3 is 0 Å². The number of hydrogen-bond donors (Lipinski definition) is 0. The number of nitro benzene ring substituents is 1. The molecule has 32 heavy (non-hydrogen) atoms. The van der Waals surface area contributed by atoms with Crippen molar-refractivity contribution in [2.75, 3.05) is 26.2 Å². The van der Waals surface area contributed by atoms with Gasteiger partial charge >= 0.3 is 6.18 Å². The number of alkyl halides is 3. The number of nitro groups is 1. The Morgan fingerprint density at radius 2 is 1.47 bits per heavy atom. The Hall–Kier alpha value is -2.55. The molecule has 2 aromatic rings. The summed E-state index contributed by atoms with van der Waals surface area (Å²) >= 11 is 0. The molecule has 0 spiro atoms. The second kappa shape index (κ2) is 8.77. The zero-order valence-corrected chi connectivity index (χ0v) is 18.0. The number of halogens is 3. The van der Waals surface area contributed by atoms with Crippen LogP contribution in [-0.2, 0) is 32.0 Å². The molecular weight excluding hydrogens is 475 g/mol. The lowest BCUT2D eigenvalue weighted by Crippen LogP contribution is -2.50. The number of benzene rings is 2. The first kappa shape index (κ1) is 24.1. The SMILES string of the molecule is O=[N+]([O-])c1ccc(CS(=O)(=O)N2CCN(S(=O)(=O)c3cccc(C(F)(F)F)c3)CC2)cc1. The fourth-order valence-electron chi connectivity index (χ4n) is 3.19. The summed E-state index contributed by atoms with van der Waals surface area (Å²) < 4.78 is 91.5.